The number of nitrogens with two attached hydrogens (primary N) is 1. The molecule has 2 unspecified atom stereocenters. The second-order valence-electron chi connectivity index (χ2n) is 5.37. The third-order valence-corrected chi connectivity index (χ3v) is 3.92. The summed E-state index contributed by atoms with van der Waals surface area (Å²) in [6.45, 7) is 3.59. The van der Waals surface area contributed by atoms with Crippen LogP contribution in [0.4, 0.5) is 0 Å². The standard InChI is InChI=1S/C13H22N2O/c1-11(14)12(16)15-9-5-8-13(10-15)6-3-2-4-7-13/h2-3,11H,4-10,14H2,1H3. The molecule has 2 rings (SSSR count). The van der Waals surface area contributed by atoms with Crippen LogP contribution in [0.15, 0.2) is 12.2 Å². The first-order valence-electron chi connectivity index (χ1n) is 6.32. The van der Waals surface area contributed by atoms with Gasteiger partial charge in [-0.2, -0.15) is 0 Å². The predicted octanol–water partition coefficient (Wildman–Crippen LogP) is 1.68. The maximum Gasteiger partial charge on any atom is 0.239 e. The number of nitrogens with zero attached hydrogens (tertiary/aromatic N) is 1. The maximum absolute atomic E-state index is 11.9. The lowest BCUT2D eigenvalue weighted by Gasteiger charge is -2.44. The number of carbonyl (C=O) groups is 1. The Morgan fingerprint density at radius 2 is 2.25 bits per heavy atom. The molecule has 2 N–H and O–H groups in total. The molecule has 0 aromatic heterocycles. The van der Waals surface area contributed by atoms with E-state index in [-0.39, 0.29) is 11.9 Å². The Kier molecular flexibility index (Phi) is 3.33. The quantitative estimate of drug-likeness (QED) is 0.686. The molecule has 0 saturated carbocycles. The molecule has 0 bridgehead atoms. The number of likely N-dealkylation sites (tertiary alicyclic amines) is 1. The summed E-state index contributed by atoms with van der Waals surface area (Å²) in [5.74, 6) is 0.119. The average molecular weight is 222 g/mol. The zero-order valence-electron chi connectivity index (χ0n) is 10.1. The number of piperidine rings is 1. The molecule has 0 radical (unpaired) electrons. The molecule has 2 atom stereocenters. The summed E-state index contributed by atoms with van der Waals surface area (Å²) in [6.07, 6.45) is 10.5. The first-order valence-corrected chi connectivity index (χ1v) is 6.32. The van der Waals surface area contributed by atoms with Crippen LogP contribution in [0, 0.1) is 5.41 Å². The van der Waals surface area contributed by atoms with Crippen LogP contribution in [-0.4, -0.2) is 29.9 Å². The summed E-state index contributed by atoms with van der Waals surface area (Å²) >= 11 is 0. The van der Waals surface area contributed by atoms with E-state index < -0.39 is 0 Å². The van der Waals surface area contributed by atoms with Gasteiger partial charge >= 0.3 is 0 Å². The molecule has 90 valence electrons. The van der Waals surface area contributed by atoms with Crippen LogP contribution in [-0.2, 0) is 4.79 Å². The summed E-state index contributed by atoms with van der Waals surface area (Å²) in [5, 5.41) is 0. The summed E-state index contributed by atoms with van der Waals surface area (Å²) < 4.78 is 0. The predicted molar refractivity (Wildman–Crippen MR) is 64.9 cm³/mol. The smallest absolute Gasteiger partial charge is 0.239 e. The first kappa shape index (κ1) is 11.6. The minimum Gasteiger partial charge on any atom is -0.341 e. The lowest BCUT2D eigenvalue weighted by molar-refractivity contribution is -0.135. The van der Waals surface area contributed by atoms with Gasteiger partial charge in [0.25, 0.3) is 0 Å². The van der Waals surface area contributed by atoms with Crippen molar-refractivity contribution < 1.29 is 4.79 Å². The third-order valence-electron chi connectivity index (χ3n) is 3.92. The van der Waals surface area contributed by atoms with Gasteiger partial charge < -0.3 is 10.6 Å². The average Bonchev–Trinajstić information content (AvgIpc) is 2.29. The van der Waals surface area contributed by atoms with Gasteiger partial charge in [0.15, 0.2) is 0 Å². The second kappa shape index (κ2) is 4.58. The molecule has 1 amide bonds. The van der Waals surface area contributed by atoms with Gasteiger partial charge in [-0.15, -0.1) is 0 Å². The van der Waals surface area contributed by atoms with Crippen LogP contribution in [0.1, 0.15) is 39.0 Å². The SMILES string of the molecule is CC(N)C(=O)N1CCCC2(CC=CCC2)C1. The summed E-state index contributed by atoms with van der Waals surface area (Å²) in [7, 11) is 0. The fourth-order valence-corrected chi connectivity index (χ4v) is 3.00. The molecule has 2 aliphatic rings. The van der Waals surface area contributed by atoms with Crippen molar-refractivity contribution in [3.63, 3.8) is 0 Å². The van der Waals surface area contributed by atoms with Gasteiger partial charge in [-0.3, -0.25) is 4.79 Å². The van der Waals surface area contributed by atoms with Gasteiger partial charge in [-0.05, 0) is 44.4 Å². The Morgan fingerprint density at radius 3 is 2.88 bits per heavy atom. The molecule has 0 aromatic rings. The Bertz CT molecular complexity index is 298. The van der Waals surface area contributed by atoms with E-state index in [4.69, 9.17) is 5.73 Å². The van der Waals surface area contributed by atoms with Crippen molar-refractivity contribution in [2.75, 3.05) is 13.1 Å². The molecule has 3 heteroatoms. The molecular formula is C13H22N2O. The van der Waals surface area contributed by atoms with Crippen molar-refractivity contribution in [2.24, 2.45) is 11.1 Å². The zero-order chi connectivity index (χ0) is 11.6. The van der Waals surface area contributed by atoms with E-state index in [0.717, 1.165) is 25.9 Å². The molecule has 16 heavy (non-hydrogen) atoms. The van der Waals surface area contributed by atoms with E-state index in [9.17, 15) is 4.79 Å². The van der Waals surface area contributed by atoms with Crippen LogP contribution in [0.2, 0.25) is 0 Å². The second-order valence-corrected chi connectivity index (χ2v) is 5.37. The van der Waals surface area contributed by atoms with E-state index in [2.05, 4.69) is 12.2 Å². The number of rotatable bonds is 1. The monoisotopic (exact) mass is 222 g/mol. The summed E-state index contributed by atoms with van der Waals surface area (Å²) in [4.78, 5) is 13.9. The normalized spacial score (nSPS) is 31.8. The topological polar surface area (TPSA) is 46.3 Å². The molecule has 3 nitrogen and oxygen atoms in total. The van der Waals surface area contributed by atoms with Crippen LogP contribution >= 0.6 is 0 Å². The van der Waals surface area contributed by atoms with Gasteiger partial charge in [0.1, 0.15) is 0 Å². The lowest BCUT2D eigenvalue weighted by atomic mass is 9.71. The van der Waals surface area contributed by atoms with E-state index in [1.807, 2.05) is 4.90 Å². The maximum atomic E-state index is 11.9. The molecule has 0 aromatic carbocycles. The van der Waals surface area contributed by atoms with Crippen LogP contribution in [0.5, 0.6) is 0 Å². The third kappa shape index (κ3) is 2.29. The minimum atomic E-state index is -0.353. The van der Waals surface area contributed by atoms with Crippen molar-refractivity contribution in [2.45, 2.75) is 45.1 Å². The molecule has 1 saturated heterocycles. The van der Waals surface area contributed by atoms with Gasteiger partial charge in [0.05, 0.1) is 6.04 Å². The largest absolute Gasteiger partial charge is 0.341 e. The molecule has 1 aliphatic carbocycles. The molecule has 1 spiro atoms. The molecular weight excluding hydrogens is 200 g/mol. The Balaban J connectivity index is 2.03. The van der Waals surface area contributed by atoms with E-state index >= 15 is 0 Å². The van der Waals surface area contributed by atoms with E-state index in [1.54, 1.807) is 6.92 Å². The van der Waals surface area contributed by atoms with Gasteiger partial charge in [-0.1, -0.05) is 12.2 Å². The molecule has 1 aliphatic heterocycles. The summed E-state index contributed by atoms with van der Waals surface area (Å²) in [6, 6.07) is -0.353. The highest BCUT2D eigenvalue weighted by molar-refractivity contribution is 5.81. The molecule has 1 heterocycles. The fraction of sp³-hybridized carbons (Fsp3) is 0.769. The van der Waals surface area contributed by atoms with Crippen molar-refractivity contribution >= 4 is 5.91 Å². The number of hydrogen-bond acceptors (Lipinski definition) is 2. The van der Waals surface area contributed by atoms with Crippen LogP contribution in [0.25, 0.3) is 0 Å². The Labute approximate surface area is 97.7 Å². The van der Waals surface area contributed by atoms with Crippen LogP contribution < -0.4 is 5.73 Å². The Hall–Kier alpha value is -0.830. The van der Waals surface area contributed by atoms with E-state index in [0.29, 0.717) is 5.41 Å². The van der Waals surface area contributed by atoms with Crippen molar-refractivity contribution in [1.82, 2.24) is 4.90 Å². The van der Waals surface area contributed by atoms with E-state index in [1.165, 1.54) is 19.3 Å². The van der Waals surface area contributed by atoms with Crippen LogP contribution in [0.3, 0.4) is 0 Å². The van der Waals surface area contributed by atoms with Gasteiger partial charge in [-0.25, -0.2) is 0 Å². The first-order chi connectivity index (χ1) is 7.63. The molecule has 1 fully saturated rings. The number of amides is 1. The Morgan fingerprint density at radius 1 is 1.44 bits per heavy atom. The fourth-order valence-electron chi connectivity index (χ4n) is 3.00. The lowest BCUT2D eigenvalue weighted by Crippen LogP contribution is -2.50. The zero-order valence-corrected chi connectivity index (χ0v) is 10.1. The van der Waals surface area contributed by atoms with Crippen molar-refractivity contribution in [1.29, 1.82) is 0 Å². The minimum absolute atomic E-state index is 0.119. The highest BCUT2D eigenvalue weighted by atomic mass is 16.2. The van der Waals surface area contributed by atoms with Gasteiger partial charge in [0, 0.05) is 13.1 Å². The number of allylic oxidation sites excluding steroid dienone is 2. The van der Waals surface area contributed by atoms with Crippen molar-refractivity contribution in [3.8, 4) is 0 Å². The number of carbonyl (C=O) groups excluding carboxylic acids is 1. The highest BCUT2D eigenvalue weighted by Gasteiger charge is 2.37. The van der Waals surface area contributed by atoms with Gasteiger partial charge in [0.2, 0.25) is 5.91 Å². The summed E-state index contributed by atoms with van der Waals surface area (Å²) in [5.41, 5.74) is 6.04. The van der Waals surface area contributed by atoms with Crippen molar-refractivity contribution in [3.05, 3.63) is 12.2 Å². The highest BCUT2D eigenvalue weighted by Crippen LogP contribution is 2.40. The number of hydrogen-bond donors (Lipinski definition) is 1.